The van der Waals surface area contributed by atoms with Crippen LogP contribution >= 0.6 is 15.9 Å². The topological polar surface area (TPSA) is 73.6 Å². The Balaban J connectivity index is 1.54. The molecule has 0 radical (unpaired) electrons. The summed E-state index contributed by atoms with van der Waals surface area (Å²) in [6.45, 7) is 1.04. The van der Waals surface area contributed by atoms with E-state index in [0.29, 0.717) is 36.2 Å². The standard InChI is InChI=1S/C18H13BrN2O4/c19-12-2-1-3-13(9-12)20-18(22)14-10-16(25-21-14)11-4-5-15-17(8-11)24-7-6-23-15/h1-5,8-10H,6-7H2,(H,20,22). The molecule has 3 aromatic rings. The molecule has 0 fully saturated rings. The molecule has 7 heteroatoms. The molecule has 1 amide bonds. The van der Waals surface area contributed by atoms with Crippen molar-refractivity contribution in [1.82, 2.24) is 5.16 Å². The summed E-state index contributed by atoms with van der Waals surface area (Å²) in [6, 6.07) is 14.4. The van der Waals surface area contributed by atoms with E-state index in [4.69, 9.17) is 14.0 Å². The van der Waals surface area contributed by atoms with Crippen LogP contribution in [-0.4, -0.2) is 24.3 Å². The van der Waals surface area contributed by atoms with E-state index in [1.54, 1.807) is 18.2 Å². The maximum atomic E-state index is 12.3. The van der Waals surface area contributed by atoms with Gasteiger partial charge in [-0.1, -0.05) is 27.2 Å². The Kier molecular flexibility index (Phi) is 4.15. The van der Waals surface area contributed by atoms with E-state index in [9.17, 15) is 4.79 Å². The summed E-state index contributed by atoms with van der Waals surface area (Å²) in [5.74, 6) is 1.49. The van der Waals surface area contributed by atoms with Crippen molar-refractivity contribution in [2.45, 2.75) is 0 Å². The third kappa shape index (κ3) is 3.36. The minimum absolute atomic E-state index is 0.199. The van der Waals surface area contributed by atoms with Gasteiger partial charge in [0, 0.05) is 21.8 Å². The van der Waals surface area contributed by atoms with Crippen molar-refractivity contribution in [3.05, 3.63) is 58.7 Å². The van der Waals surface area contributed by atoms with Crippen LogP contribution < -0.4 is 14.8 Å². The summed E-state index contributed by atoms with van der Waals surface area (Å²) in [4.78, 5) is 12.3. The van der Waals surface area contributed by atoms with E-state index in [0.717, 1.165) is 10.0 Å². The number of hydrogen-bond donors (Lipinski definition) is 1. The monoisotopic (exact) mass is 400 g/mol. The highest BCUT2D eigenvalue weighted by Gasteiger charge is 2.17. The molecule has 0 saturated carbocycles. The smallest absolute Gasteiger partial charge is 0.277 e. The molecule has 1 N–H and O–H groups in total. The molecule has 0 spiro atoms. The van der Waals surface area contributed by atoms with Crippen LogP contribution in [0.25, 0.3) is 11.3 Å². The molecule has 2 aromatic carbocycles. The van der Waals surface area contributed by atoms with Gasteiger partial charge in [0.2, 0.25) is 0 Å². The highest BCUT2D eigenvalue weighted by molar-refractivity contribution is 9.10. The summed E-state index contributed by atoms with van der Waals surface area (Å²) < 4.78 is 17.2. The molecule has 2 heterocycles. The number of amides is 1. The van der Waals surface area contributed by atoms with Crippen LogP contribution in [0.15, 0.2) is 57.5 Å². The van der Waals surface area contributed by atoms with Gasteiger partial charge in [0.15, 0.2) is 23.0 Å². The van der Waals surface area contributed by atoms with Gasteiger partial charge in [-0.2, -0.15) is 0 Å². The van der Waals surface area contributed by atoms with Crippen LogP contribution in [0.5, 0.6) is 11.5 Å². The molecule has 25 heavy (non-hydrogen) atoms. The molecule has 0 atom stereocenters. The SMILES string of the molecule is O=C(Nc1cccc(Br)c1)c1cc(-c2ccc3c(c2)OCCO3)on1. The Hall–Kier alpha value is -2.80. The number of rotatable bonds is 3. The zero-order valence-electron chi connectivity index (χ0n) is 13.0. The lowest BCUT2D eigenvalue weighted by Gasteiger charge is -2.18. The molecular formula is C18H13BrN2O4. The van der Waals surface area contributed by atoms with E-state index in [-0.39, 0.29) is 11.6 Å². The molecule has 126 valence electrons. The summed E-state index contributed by atoms with van der Waals surface area (Å²) >= 11 is 3.37. The van der Waals surface area contributed by atoms with Crippen LogP contribution in [-0.2, 0) is 0 Å². The number of aromatic nitrogens is 1. The molecule has 4 rings (SSSR count). The fourth-order valence-electron chi connectivity index (χ4n) is 2.48. The van der Waals surface area contributed by atoms with Crippen molar-refractivity contribution in [2.75, 3.05) is 18.5 Å². The van der Waals surface area contributed by atoms with Crippen molar-refractivity contribution in [3.63, 3.8) is 0 Å². The van der Waals surface area contributed by atoms with Gasteiger partial charge in [-0.25, -0.2) is 0 Å². The van der Waals surface area contributed by atoms with Crippen LogP contribution in [0.3, 0.4) is 0 Å². The Morgan fingerprint density at radius 1 is 1.04 bits per heavy atom. The third-order valence-corrected chi connectivity index (χ3v) is 4.15. The minimum atomic E-state index is -0.342. The highest BCUT2D eigenvalue weighted by atomic mass is 79.9. The number of halogens is 1. The average Bonchev–Trinajstić information content (AvgIpc) is 3.12. The maximum Gasteiger partial charge on any atom is 0.277 e. The summed E-state index contributed by atoms with van der Waals surface area (Å²) in [5.41, 5.74) is 1.63. The Morgan fingerprint density at radius 3 is 2.72 bits per heavy atom. The van der Waals surface area contributed by atoms with Gasteiger partial charge in [-0.3, -0.25) is 4.79 Å². The minimum Gasteiger partial charge on any atom is -0.486 e. The number of nitrogens with zero attached hydrogens (tertiary/aromatic N) is 1. The zero-order chi connectivity index (χ0) is 17.2. The molecule has 0 bridgehead atoms. The molecule has 0 saturated heterocycles. The van der Waals surface area contributed by atoms with Gasteiger partial charge in [0.25, 0.3) is 5.91 Å². The lowest BCUT2D eigenvalue weighted by atomic mass is 10.1. The number of benzene rings is 2. The van der Waals surface area contributed by atoms with Crippen LogP contribution in [0.1, 0.15) is 10.5 Å². The lowest BCUT2D eigenvalue weighted by Crippen LogP contribution is -2.15. The van der Waals surface area contributed by atoms with E-state index in [1.807, 2.05) is 30.3 Å². The average molecular weight is 401 g/mol. The lowest BCUT2D eigenvalue weighted by molar-refractivity contribution is 0.101. The predicted molar refractivity (Wildman–Crippen MR) is 95.0 cm³/mol. The van der Waals surface area contributed by atoms with Crippen LogP contribution in [0.4, 0.5) is 5.69 Å². The van der Waals surface area contributed by atoms with Gasteiger partial charge in [-0.15, -0.1) is 0 Å². The van der Waals surface area contributed by atoms with Crippen molar-refractivity contribution < 1.29 is 18.8 Å². The molecule has 1 aromatic heterocycles. The summed E-state index contributed by atoms with van der Waals surface area (Å²) in [6.07, 6.45) is 0. The van der Waals surface area contributed by atoms with Gasteiger partial charge in [-0.05, 0) is 36.4 Å². The number of hydrogen-bond acceptors (Lipinski definition) is 5. The molecule has 1 aliphatic rings. The second-order valence-electron chi connectivity index (χ2n) is 5.40. The first-order chi connectivity index (χ1) is 12.2. The Labute approximate surface area is 151 Å². The number of carbonyl (C=O) groups is 1. The molecule has 0 unspecified atom stereocenters. The Bertz CT molecular complexity index is 938. The fourth-order valence-corrected chi connectivity index (χ4v) is 2.88. The third-order valence-electron chi connectivity index (χ3n) is 3.65. The summed E-state index contributed by atoms with van der Waals surface area (Å²) in [7, 11) is 0. The van der Waals surface area contributed by atoms with Crippen molar-refractivity contribution in [1.29, 1.82) is 0 Å². The van der Waals surface area contributed by atoms with E-state index >= 15 is 0 Å². The van der Waals surface area contributed by atoms with E-state index < -0.39 is 0 Å². The van der Waals surface area contributed by atoms with Gasteiger partial charge < -0.3 is 19.3 Å². The van der Waals surface area contributed by atoms with Crippen LogP contribution in [0, 0.1) is 0 Å². The van der Waals surface area contributed by atoms with Crippen molar-refractivity contribution in [3.8, 4) is 22.8 Å². The van der Waals surface area contributed by atoms with Crippen LogP contribution in [0.2, 0.25) is 0 Å². The maximum absolute atomic E-state index is 12.3. The van der Waals surface area contributed by atoms with E-state index in [1.165, 1.54) is 0 Å². The number of fused-ring (bicyclic) bond motifs is 1. The normalized spacial score (nSPS) is 12.7. The van der Waals surface area contributed by atoms with E-state index in [2.05, 4.69) is 26.4 Å². The number of ether oxygens (including phenoxy) is 2. The van der Waals surface area contributed by atoms with Gasteiger partial charge >= 0.3 is 0 Å². The predicted octanol–water partition coefficient (Wildman–Crippen LogP) is 4.13. The number of carbonyl (C=O) groups excluding carboxylic acids is 1. The molecule has 0 aliphatic carbocycles. The highest BCUT2D eigenvalue weighted by Crippen LogP contribution is 2.34. The number of anilines is 1. The second-order valence-corrected chi connectivity index (χ2v) is 6.31. The van der Waals surface area contributed by atoms with Crippen molar-refractivity contribution >= 4 is 27.5 Å². The Morgan fingerprint density at radius 2 is 1.88 bits per heavy atom. The molecular weight excluding hydrogens is 388 g/mol. The van der Waals surface area contributed by atoms with Gasteiger partial charge in [0.05, 0.1) is 0 Å². The first-order valence-electron chi connectivity index (χ1n) is 7.63. The number of nitrogens with one attached hydrogen (secondary N) is 1. The fraction of sp³-hybridized carbons (Fsp3) is 0.111. The quantitative estimate of drug-likeness (QED) is 0.715. The molecule has 6 nitrogen and oxygen atoms in total. The zero-order valence-corrected chi connectivity index (χ0v) is 14.6. The second kappa shape index (κ2) is 6.60. The summed E-state index contributed by atoms with van der Waals surface area (Å²) in [5, 5.41) is 6.63. The van der Waals surface area contributed by atoms with Crippen molar-refractivity contribution in [2.24, 2.45) is 0 Å². The first-order valence-corrected chi connectivity index (χ1v) is 8.42. The first kappa shape index (κ1) is 15.7. The van der Waals surface area contributed by atoms with Gasteiger partial charge in [0.1, 0.15) is 13.2 Å². The molecule has 1 aliphatic heterocycles. The largest absolute Gasteiger partial charge is 0.486 e.